The van der Waals surface area contributed by atoms with Crippen LogP contribution < -0.4 is 14.8 Å². The molecule has 0 saturated carbocycles. The summed E-state index contributed by atoms with van der Waals surface area (Å²) in [4.78, 5) is 20.6. The average molecular weight is 375 g/mol. The molecule has 0 saturated heterocycles. The third-order valence-electron chi connectivity index (χ3n) is 4.56. The van der Waals surface area contributed by atoms with Crippen molar-refractivity contribution < 1.29 is 14.3 Å². The average Bonchev–Trinajstić information content (AvgIpc) is 3.07. The van der Waals surface area contributed by atoms with Crippen LogP contribution >= 0.6 is 11.3 Å². The van der Waals surface area contributed by atoms with Gasteiger partial charge in [-0.05, 0) is 30.7 Å². The van der Waals surface area contributed by atoms with E-state index in [2.05, 4.69) is 22.1 Å². The number of carbonyl (C=O) groups excluding carboxylic acids is 1. The number of methoxy groups -OCH3 is 2. The van der Waals surface area contributed by atoms with Gasteiger partial charge in [-0.2, -0.15) is 0 Å². The number of amides is 1. The maximum Gasteiger partial charge on any atom is 0.226 e. The van der Waals surface area contributed by atoms with E-state index in [1.807, 2.05) is 18.2 Å². The van der Waals surface area contributed by atoms with Gasteiger partial charge in [0, 0.05) is 36.9 Å². The Balaban J connectivity index is 1.57. The first kappa shape index (κ1) is 18.7. The van der Waals surface area contributed by atoms with Crippen LogP contribution in [0.2, 0.25) is 0 Å². The van der Waals surface area contributed by atoms with Crippen LogP contribution in [0.1, 0.15) is 29.5 Å². The predicted molar refractivity (Wildman–Crippen MR) is 103 cm³/mol. The van der Waals surface area contributed by atoms with Crippen molar-refractivity contribution in [1.82, 2.24) is 9.88 Å². The van der Waals surface area contributed by atoms with Crippen molar-refractivity contribution in [2.75, 3.05) is 32.6 Å². The number of ether oxygens (including phenoxy) is 2. The van der Waals surface area contributed by atoms with Crippen LogP contribution in [-0.2, 0) is 24.2 Å². The minimum absolute atomic E-state index is 0.0229. The van der Waals surface area contributed by atoms with Gasteiger partial charge in [0.1, 0.15) is 11.5 Å². The summed E-state index contributed by atoms with van der Waals surface area (Å²) in [5, 5.41) is 3.66. The molecule has 140 valence electrons. The molecule has 1 aromatic heterocycles. The zero-order chi connectivity index (χ0) is 18.5. The Labute approximate surface area is 158 Å². The summed E-state index contributed by atoms with van der Waals surface area (Å²) < 4.78 is 10.5. The minimum atomic E-state index is -0.0229. The van der Waals surface area contributed by atoms with Crippen molar-refractivity contribution in [3.05, 3.63) is 34.3 Å². The largest absolute Gasteiger partial charge is 0.497 e. The highest BCUT2D eigenvalue weighted by Crippen LogP contribution is 2.28. The Hall–Kier alpha value is -2.12. The van der Waals surface area contributed by atoms with E-state index in [0.717, 1.165) is 48.8 Å². The molecule has 1 amide bonds. The molecule has 0 atom stereocenters. The molecule has 1 N–H and O–H groups in total. The maximum absolute atomic E-state index is 12.3. The van der Waals surface area contributed by atoms with Gasteiger partial charge in [0.25, 0.3) is 0 Å². The van der Waals surface area contributed by atoms with Gasteiger partial charge in [-0.1, -0.05) is 6.92 Å². The summed E-state index contributed by atoms with van der Waals surface area (Å²) in [6, 6.07) is 5.68. The quantitative estimate of drug-likeness (QED) is 0.806. The summed E-state index contributed by atoms with van der Waals surface area (Å²) in [6.07, 6.45) is 1.97. The molecule has 2 heterocycles. The number of aromatic nitrogens is 1. The number of carbonyl (C=O) groups is 1. The van der Waals surface area contributed by atoms with Gasteiger partial charge in [0.2, 0.25) is 5.91 Å². The number of hydrogen-bond donors (Lipinski definition) is 1. The lowest BCUT2D eigenvalue weighted by atomic mass is 10.1. The van der Waals surface area contributed by atoms with Crippen molar-refractivity contribution in [2.45, 2.75) is 32.7 Å². The second kappa shape index (κ2) is 8.51. The van der Waals surface area contributed by atoms with Gasteiger partial charge >= 0.3 is 0 Å². The number of nitrogens with zero attached hydrogens (tertiary/aromatic N) is 2. The second-order valence-corrected chi connectivity index (χ2v) is 7.36. The van der Waals surface area contributed by atoms with E-state index in [-0.39, 0.29) is 5.91 Å². The molecule has 0 fully saturated rings. The van der Waals surface area contributed by atoms with E-state index < -0.39 is 0 Å². The highest BCUT2D eigenvalue weighted by atomic mass is 32.1. The number of fused-ring (bicyclic) bond motifs is 1. The fourth-order valence-electron chi connectivity index (χ4n) is 3.02. The normalized spacial score (nSPS) is 14.0. The fourth-order valence-corrected chi connectivity index (χ4v) is 4.09. The maximum atomic E-state index is 12.3. The van der Waals surface area contributed by atoms with E-state index in [0.29, 0.717) is 18.0 Å². The molecular weight excluding hydrogens is 350 g/mol. The number of thiazole rings is 1. The molecule has 26 heavy (non-hydrogen) atoms. The first-order chi connectivity index (χ1) is 12.6. The Kier molecular flexibility index (Phi) is 6.11. The van der Waals surface area contributed by atoms with E-state index in [9.17, 15) is 4.79 Å². The van der Waals surface area contributed by atoms with Crippen LogP contribution in [0.3, 0.4) is 0 Å². The second-order valence-electron chi connectivity index (χ2n) is 6.28. The van der Waals surface area contributed by atoms with Crippen molar-refractivity contribution in [1.29, 1.82) is 0 Å². The van der Waals surface area contributed by atoms with E-state index >= 15 is 0 Å². The van der Waals surface area contributed by atoms with Gasteiger partial charge in [-0.15, -0.1) is 11.3 Å². The molecule has 1 aromatic carbocycles. The summed E-state index contributed by atoms with van der Waals surface area (Å²) in [5.41, 5.74) is 2.14. The van der Waals surface area contributed by atoms with Crippen LogP contribution in [0.25, 0.3) is 0 Å². The lowest BCUT2D eigenvalue weighted by molar-refractivity contribution is -0.116. The van der Waals surface area contributed by atoms with Gasteiger partial charge in [0.15, 0.2) is 5.13 Å². The highest BCUT2D eigenvalue weighted by Gasteiger charge is 2.20. The zero-order valence-corrected chi connectivity index (χ0v) is 16.3. The zero-order valence-electron chi connectivity index (χ0n) is 15.5. The number of likely N-dealkylation sites (N-methyl/N-ethyl adjacent to an activating group) is 1. The Bertz CT molecular complexity index is 753. The molecule has 6 nitrogen and oxygen atoms in total. The van der Waals surface area contributed by atoms with Crippen LogP contribution in [0.5, 0.6) is 11.5 Å². The highest BCUT2D eigenvalue weighted by molar-refractivity contribution is 7.15. The van der Waals surface area contributed by atoms with Crippen molar-refractivity contribution >= 4 is 22.4 Å². The monoisotopic (exact) mass is 375 g/mol. The summed E-state index contributed by atoms with van der Waals surface area (Å²) in [5.74, 6) is 1.44. The molecule has 0 radical (unpaired) electrons. The van der Waals surface area contributed by atoms with Crippen molar-refractivity contribution in [3.63, 3.8) is 0 Å². The number of benzene rings is 1. The minimum Gasteiger partial charge on any atom is -0.497 e. The van der Waals surface area contributed by atoms with Gasteiger partial charge < -0.3 is 14.8 Å². The van der Waals surface area contributed by atoms with Crippen molar-refractivity contribution in [2.24, 2.45) is 0 Å². The van der Waals surface area contributed by atoms with Crippen molar-refractivity contribution in [3.8, 4) is 11.5 Å². The summed E-state index contributed by atoms with van der Waals surface area (Å²) in [6.45, 7) is 5.19. The lowest BCUT2D eigenvalue weighted by Gasteiger charge is -2.23. The Morgan fingerprint density at radius 2 is 2.00 bits per heavy atom. The van der Waals surface area contributed by atoms with E-state index in [1.54, 1.807) is 25.6 Å². The predicted octanol–water partition coefficient (Wildman–Crippen LogP) is 3.11. The molecule has 1 aliphatic rings. The molecule has 0 unspecified atom stereocenters. The van der Waals surface area contributed by atoms with Crippen LogP contribution in [-0.4, -0.2) is 43.1 Å². The molecule has 7 heteroatoms. The fraction of sp³-hybridized carbons (Fsp3) is 0.474. The summed E-state index contributed by atoms with van der Waals surface area (Å²) in [7, 11) is 3.24. The third-order valence-corrected chi connectivity index (χ3v) is 5.55. The smallest absolute Gasteiger partial charge is 0.226 e. The van der Waals surface area contributed by atoms with Gasteiger partial charge in [-0.25, -0.2) is 4.98 Å². The number of hydrogen-bond acceptors (Lipinski definition) is 6. The SMILES string of the molecule is CCN1CCc2nc(NC(=O)CCc3cc(OC)cc(OC)c3)sc2C1. The third kappa shape index (κ3) is 4.53. The molecule has 0 bridgehead atoms. The first-order valence-electron chi connectivity index (χ1n) is 8.84. The Morgan fingerprint density at radius 3 is 2.65 bits per heavy atom. The molecule has 1 aliphatic heterocycles. The molecular formula is C19H25N3O3S. The molecule has 3 rings (SSSR count). The number of rotatable bonds is 7. The topological polar surface area (TPSA) is 63.7 Å². The molecule has 0 aliphatic carbocycles. The number of aryl methyl sites for hydroxylation is 1. The van der Waals surface area contributed by atoms with Crippen LogP contribution in [0.4, 0.5) is 5.13 Å². The molecule has 2 aromatic rings. The van der Waals surface area contributed by atoms with E-state index in [4.69, 9.17) is 9.47 Å². The molecule has 0 spiro atoms. The Morgan fingerprint density at radius 1 is 1.27 bits per heavy atom. The van der Waals surface area contributed by atoms with Gasteiger partial charge in [-0.3, -0.25) is 9.69 Å². The van der Waals surface area contributed by atoms with Gasteiger partial charge in [0.05, 0.1) is 19.9 Å². The summed E-state index contributed by atoms with van der Waals surface area (Å²) >= 11 is 1.59. The standard InChI is InChI=1S/C19H25N3O3S/c1-4-22-8-7-16-17(12-22)26-19(20-16)21-18(23)6-5-13-9-14(24-2)11-15(10-13)25-3/h9-11H,4-8,12H2,1-3H3,(H,20,21,23). The number of anilines is 1. The number of nitrogens with one attached hydrogen (secondary N) is 1. The van der Waals surface area contributed by atoms with E-state index in [1.165, 1.54) is 4.88 Å². The van der Waals surface area contributed by atoms with Crippen LogP contribution in [0.15, 0.2) is 18.2 Å². The first-order valence-corrected chi connectivity index (χ1v) is 9.65. The lowest BCUT2D eigenvalue weighted by Crippen LogP contribution is -2.29. The van der Waals surface area contributed by atoms with Crippen LogP contribution in [0, 0.1) is 0 Å².